The number of ether oxygens (including phenoxy) is 1. The number of hydrogen-bond acceptors (Lipinski definition) is 7. The number of H-pyrrole nitrogens is 2. The van der Waals surface area contributed by atoms with Gasteiger partial charge in [0.25, 0.3) is 0 Å². The van der Waals surface area contributed by atoms with E-state index in [1.165, 1.54) is 25.0 Å². The zero-order chi connectivity index (χ0) is 20.3. The number of nitrogens with zero attached hydrogens (tertiary/aromatic N) is 4. The van der Waals surface area contributed by atoms with Crippen LogP contribution in [0.5, 0.6) is 0 Å². The Morgan fingerprint density at radius 1 is 0.964 bits per heavy atom. The van der Waals surface area contributed by atoms with Gasteiger partial charge in [0.2, 0.25) is 0 Å². The maximum atomic E-state index is 11.5. The van der Waals surface area contributed by atoms with Crippen LogP contribution in [0.4, 0.5) is 0 Å². The van der Waals surface area contributed by atoms with Gasteiger partial charge >= 0.3 is 11.9 Å². The molecule has 0 aromatic carbocycles. The van der Waals surface area contributed by atoms with Crippen molar-refractivity contribution < 1.29 is 19.4 Å². The van der Waals surface area contributed by atoms with E-state index in [1.54, 1.807) is 6.92 Å². The van der Waals surface area contributed by atoms with Crippen molar-refractivity contribution in [3.63, 3.8) is 0 Å². The van der Waals surface area contributed by atoms with E-state index < -0.39 is 11.9 Å². The predicted octanol–water partition coefficient (Wildman–Crippen LogP) is 3.10. The summed E-state index contributed by atoms with van der Waals surface area (Å²) in [5.41, 5.74) is 2.26. The molecule has 28 heavy (non-hydrogen) atoms. The summed E-state index contributed by atoms with van der Waals surface area (Å²) < 4.78 is 4.87. The largest absolute Gasteiger partial charge is 0.478 e. The van der Waals surface area contributed by atoms with Crippen LogP contribution in [0.3, 0.4) is 0 Å². The number of carbonyl (C=O) groups excluding carboxylic acids is 1. The fourth-order valence-corrected chi connectivity index (χ4v) is 2.72. The van der Waals surface area contributed by atoms with E-state index in [1.807, 2.05) is 0 Å². The van der Waals surface area contributed by atoms with Gasteiger partial charge in [-0.3, -0.25) is 0 Å². The Morgan fingerprint density at radius 3 is 1.96 bits per heavy atom. The van der Waals surface area contributed by atoms with Crippen LogP contribution >= 0.6 is 23.2 Å². The quantitative estimate of drug-likeness (QED) is 0.337. The molecular formula is C16H12Cl2N6O4. The zero-order valence-corrected chi connectivity index (χ0v) is 15.7. The summed E-state index contributed by atoms with van der Waals surface area (Å²) in [7, 11) is 0. The second-order valence-corrected chi connectivity index (χ2v) is 5.92. The lowest BCUT2D eigenvalue weighted by Gasteiger charge is -1.98. The molecule has 3 N–H and O–H groups in total. The van der Waals surface area contributed by atoms with Gasteiger partial charge in [-0.1, -0.05) is 23.2 Å². The lowest BCUT2D eigenvalue weighted by atomic mass is 10.3. The van der Waals surface area contributed by atoms with E-state index >= 15 is 0 Å². The lowest BCUT2D eigenvalue weighted by molar-refractivity contribution is 0.0528. The van der Waals surface area contributed by atoms with Gasteiger partial charge in [-0.15, -0.1) is 0 Å². The number of carboxylic acids is 1. The van der Waals surface area contributed by atoms with Gasteiger partial charge < -0.3 is 19.8 Å². The second-order valence-electron chi connectivity index (χ2n) is 5.21. The number of aromatic carboxylic acids is 1. The molecule has 144 valence electrons. The zero-order valence-electron chi connectivity index (χ0n) is 14.2. The second kappa shape index (κ2) is 8.19. The van der Waals surface area contributed by atoms with Crippen LogP contribution in [-0.2, 0) is 4.74 Å². The smallest absolute Gasteiger partial charge is 0.341 e. The highest BCUT2D eigenvalue weighted by atomic mass is 35.5. The number of aromatic amines is 2. The minimum absolute atomic E-state index is 0.0966. The summed E-state index contributed by atoms with van der Waals surface area (Å²) in [5.74, 6) is -1.46. The fraction of sp³-hybridized carbons (Fsp3) is 0.125. The van der Waals surface area contributed by atoms with E-state index in [4.69, 9.17) is 33.0 Å². The molecule has 12 heteroatoms. The summed E-state index contributed by atoms with van der Waals surface area (Å²) in [4.78, 5) is 43.0. The first kappa shape index (κ1) is 19.5. The van der Waals surface area contributed by atoms with Crippen LogP contribution < -0.4 is 0 Å². The van der Waals surface area contributed by atoms with Gasteiger partial charge in [-0.05, 0) is 6.92 Å². The number of carbonyl (C=O) groups is 2. The lowest BCUT2D eigenvalue weighted by Crippen LogP contribution is -2.04. The van der Waals surface area contributed by atoms with E-state index in [9.17, 15) is 9.59 Å². The predicted molar refractivity (Wildman–Crippen MR) is 101 cm³/mol. The molecule has 4 aromatic heterocycles. The summed E-state index contributed by atoms with van der Waals surface area (Å²) in [6.45, 7) is 2.07. The molecule has 0 aliphatic rings. The van der Waals surface area contributed by atoms with Gasteiger partial charge in [0, 0.05) is 12.4 Å². The SMILES string of the molecule is CCOC(=O)c1c[nH]c2c(Cl)ncnc12.O=C(O)c1c[nH]c2c(Cl)ncnc12. The average Bonchev–Trinajstić information content (AvgIpc) is 3.28. The molecule has 0 aliphatic heterocycles. The van der Waals surface area contributed by atoms with E-state index in [0.717, 1.165) is 0 Å². The van der Waals surface area contributed by atoms with Crippen LogP contribution in [0, 0.1) is 0 Å². The van der Waals surface area contributed by atoms with Gasteiger partial charge in [-0.2, -0.15) is 0 Å². The van der Waals surface area contributed by atoms with Crippen molar-refractivity contribution in [1.29, 1.82) is 0 Å². The molecule has 0 amide bonds. The fourth-order valence-electron chi connectivity index (χ4n) is 2.35. The van der Waals surface area contributed by atoms with Crippen molar-refractivity contribution in [2.45, 2.75) is 6.92 Å². The third kappa shape index (κ3) is 3.73. The molecule has 0 spiro atoms. The summed E-state index contributed by atoms with van der Waals surface area (Å²) >= 11 is 11.5. The van der Waals surface area contributed by atoms with Crippen LogP contribution in [0.2, 0.25) is 10.3 Å². The number of fused-ring (bicyclic) bond motifs is 2. The van der Waals surface area contributed by atoms with Crippen molar-refractivity contribution in [2.75, 3.05) is 6.61 Å². The molecule has 4 aromatic rings. The molecular weight excluding hydrogens is 411 g/mol. The van der Waals surface area contributed by atoms with Gasteiger partial charge in [0.05, 0.1) is 6.61 Å². The molecule has 4 rings (SSSR count). The van der Waals surface area contributed by atoms with Crippen LogP contribution in [0.15, 0.2) is 25.0 Å². The molecule has 0 unspecified atom stereocenters. The topological polar surface area (TPSA) is 147 Å². The Balaban J connectivity index is 0.000000162. The average molecular weight is 423 g/mol. The molecule has 0 fully saturated rings. The minimum Gasteiger partial charge on any atom is -0.478 e. The Hall–Kier alpha value is -3.24. The summed E-state index contributed by atoms with van der Waals surface area (Å²) in [5, 5.41) is 9.25. The number of carboxylic acid groups (broad SMARTS) is 1. The van der Waals surface area contributed by atoms with Crippen molar-refractivity contribution in [3.8, 4) is 0 Å². The Morgan fingerprint density at radius 2 is 1.46 bits per heavy atom. The van der Waals surface area contributed by atoms with E-state index in [2.05, 4.69) is 29.9 Å². The number of esters is 1. The third-order valence-electron chi connectivity index (χ3n) is 3.56. The van der Waals surface area contributed by atoms with Crippen LogP contribution in [-0.4, -0.2) is 53.6 Å². The van der Waals surface area contributed by atoms with Crippen molar-refractivity contribution >= 4 is 57.2 Å². The van der Waals surface area contributed by atoms with Crippen LogP contribution in [0.25, 0.3) is 22.1 Å². The monoisotopic (exact) mass is 422 g/mol. The number of halogens is 2. The molecule has 10 nitrogen and oxygen atoms in total. The molecule has 0 saturated heterocycles. The Bertz CT molecular complexity index is 1170. The van der Waals surface area contributed by atoms with E-state index in [-0.39, 0.29) is 15.9 Å². The van der Waals surface area contributed by atoms with E-state index in [0.29, 0.717) is 34.2 Å². The maximum Gasteiger partial charge on any atom is 0.341 e. The van der Waals surface area contributed by atoms with Gasteiger partial charge in [0.1, 0.15) is 45.8 Å². The third-order valence-corrected chi connectivity index (χ3v) is 4.13. The first-order chi connectivity index (χ1) is 13.4. The highest BCUT2D eigenvalue weighted by Crippen LogP contribution is 2.22. The number of rotatable bonds is 3. The summed E-state index contributed by atoms with van der Waals surface area (Å²) in [6.07, 6.45) is 5.39. The van der Waals surface area contributed by atoms with Gasteiger partial charge in [-0.25, -0.2) is 29.5 Å². The molecule has 0 radical (unpaired) electrons. The molecule has 0 aliphatic carbocycles. The van der Waals surface area contributed by atoms with Crippen molar-refractivity contribution in [1.82, 2.24) is 29.9 Å². The highest BCUT2D eigenvalue weighted by Gasteiger charge is 2.16. The molecule has 0 saturated carbocycles. The Kier molecular flexibility index (Phi) is 5.71. The first-order valence-corrected chi connectivity index (χ1v) is 8.55. The maximum absolute atomic E-state index is 11.5. The standard InChI is InChI=1S/C9H8ClN3O2.C7H4ClN3O2/c1-2-15-9(14)5-3-11-7-6(5)12-4-13-8(7)10;8-6-5-4(10-2-11-6)3(1-9-5)7(12)13/h3-4,11H,2H2,1H3;1-2,9H,(H,12,13). The molecule has 0 atom stereocenters. The Labute approximate surface area is 166 Å². The number of hydrogen-bond donors (Lipinski definition) is 3. The first-order valence-electron chi connectivity index (χ1n) is 7.79. The van der Waals surface area contributed by atoms with Crippen LogP contribution in [0.1, 0.15) is 27.6 Å². The van der Waals surface area contributed by atoms with Crippen molar-refractivity contribution in [2.24, 2.45) is 0 Å². The highest BCUT2D eigenvalue weighted by molar-refractivity contribution is 6.34. The number of aromatic nitrogens is 6. The number of nitrogens with one attached hydrogen (secondary N) is 2. The molecule has 4 heterocycles. The minimum atomic E-state index is -1.04. The normalized spacial score (nSPS) is 10.5. The summed E-state index contributed by atoms with van der Waals surface area (Å²) in [6, 6.07) is 0. The molecule has 0 bridgehead atoms. The van der Waals surface area contributed by atoms with Gasteiger partial charge in [0.15, 0.2) is 10.3 Å². The van der Waals surface area contributed by atoms with Crippen molar-refractivity contribution in [3.05, 3.63) is 46.5 Å².